The molecule has 3 aromatic rings. The van der Waals surface area contributed by atoms with Gasteiger partial charge in [-0.15, -0.1) is 0 Å². The Labute approximate surface area is 193 Å². The second-order valence-electron chi connectivity index (χ2n) is 8.67. The maximum Gasteiger partial charge on any atom is 0.254 e. The van der Waals surface area contributed by atoms with Crippen LogP contribution >= 0.6 is 0 Å². The normalized spacial score (nSPS) is 16.9. The van der Waals surface area contributed by atoms with Crippen LogP contribution in [0.25, 0.3) is 0 Å². The van der Waals surface area contributed by atoms with E-state index in [1.165, 1.54) is 10.4 Å². The fourth-order valence-electron chi connectivity index (χ4n) is 4.04. The van der Waals surface area contributed by atoms with Gasteiger partial charge in [-0.2, -0.15) is 4.31 Å². The van der Waals surface area contributed by atoms with Gasteiger partial charge >= 0.3 is 0 Å². The van der Waals surface area contributed by atoms with Crippen LogP contribution in [-0.2, 0) is 10.0 Å². The van der Waals surface area contributed by atoms with E-state index in [9.17, 15) is 13.2 Å². The third kappa shape index (κ3) is 4.41. The first-order chi connectivity index (χ1) is 15.8. The van der Waals surface area contributed by atoms with Crippen molar-refractivity contribution < 1.29 is 17.9 Å². The summed E-state index contributed by atoms with van der Waals surface area (Å²) in [6.45, 7) is 4.34. The largest absolute Gasteiger partial charge is 0.487 e. The lowest BCUT2D eigenvalue weighted by Crippen LogP contribution is -2.56. The van der Waals surface area contributed by atoms with Crippen LogP contribution < -0.4 is 15.0 Å². The van der Waals surface area contributed by atoms with E-state index in [-0.39, 0.29) is 29.6 Å². The molecule has 2 heterocycles. The molecule has 0 amide bonds. The lowest BCUT2D eigenvalue weighted by molar-refractivity contribution is 0.0758. The van der Waals surface area contributed by atoms with Crippen LogP contribution in [0.1, 0.15) is 30.1 Å². The molecule has 1 saturated carbocycles. The summed E-state index contributed by atoms with van der Waals surface area (Å²) in [6, 6.07) is 17.7. The van der Waals surface area contributed by atoms with Gasteiger partial charge in [0.25, 0.3) is 5.56 Å². The molecule has 172 valence electrons. The molecular formula is C25H26N2O5S. The number of hydrogen-bond donors (Lipinski definition) is 0. The van der Waals surface area contributed by atoms with E-state index in [4.69, 9.17) is 9.47 Å². The minimum Gasteiger partial charge on any atom is -0.487 e. The zero-order valence-corrected chi connectivity index (χ0v) is 19.4. The van der Waals surface area contributed by atoms with Gasteiger partial charge in [-0.1, -0.05) is 18.2 Å². The molecule has 0 atom stereocenters. The Bertz CT molecular complexity index is 1340. The summed E-state index contributed by atoms with van der Waals surface area (Å²) in [5.74, 6) is 1.80. The molecule has 0 N–H and O–H groups in total. The van der Waals surface area contributed by atoms with Crippen molar-refractivity contribution in [3.05, 3.63) is 82.3 Å². The number of pyridine rings is 1. The molecule has 2 fully saturated rings. The Morgan fingerprint density at radius 3 is 2.24 bits per heavy atom. The van der Waals surface area contributed by atoms with E-state index in [2.05, 4.69) is 0 Å². The van der Waals surface area contributed by atoms with Gasteiger partial charge in [0.05, 0.1) is 18.0 Å². The molecule has 0 unspecified atom stereocenters. The van der Waals surface area contributed by atoms with Crippen molar-refractivity contribution in [2.75, 3.05) is 13.1 Å². The van der Waals surface area contributed by atoms with Gasteiger partial charge < -0.3 is 14.0 Å². The van der Waals surface area contributed by atoms with Crippen molar-refractivity contribution in [1.29, 1.82) is 0 Å². The standard InChI is InChI=1S/C25H26N2O5S/c1-17-5-3-4-6-24(17)32-20-9-11-23(12-10-20)33(29,30)26-15-22(16-26)31-21-13-18(2)27(19-7-8-19)25(28)14-21/h3-6,9-14,19,22H,7-8,15-16H2,1-2H3. The van der Waals surface area contributed by atoms with Crippen LogP contribution in [0.5, 0.6) is 17.2 Å². The highest BCUT2D eigenvalue weighted by Gasteiger charge is 2.38. The highest BCUT2D eigenvalue weighted by atomic mass is 32.2. The van der Waals surface area contributed by atoms with Crippen LogP contribution in [0, 0.1) is 13.8 Å². The Morgan fingerprint density at radius 1 is 0.909 bits per heavy atom. The highest BCUT2D eigenvalue weighted by molar-refractivity contribution is 7.89. The SMILES string of the molecule is Cc1ccccc1Oc1ccc(S(=O)(=O)N2CC(Oc3cc(C)n(C4CC4)c(=O)c3)C2)cc1. The van der Waals surface area contributed by atoms with Crippen molar-refractivity contribution >= 4 is 10.0 Å². The molecule has 1 saturated heterocycles. The summed E-state index contributed by atoms with van der Waals surface area (Å²) < 4.78 is 40.8. The molecule has 1 aliphatic carbocycles. The minimum atomic E-state index is -3.62. The molecule has 0 radical (unpaired) electrons. The van der Waals surface area contributed by atoms with Crippen molar-refractivity contribution in [1.82, 2.24) is 8.87 Å². The molecule has 1 aromatic heterocycles. The number of sulfonamides is 1. The van der Waals surface area contributed by atoms with Crippen molar-refractivity contribution in [2.45, 2.75) is 43.7 Å². The topological polar surface area (TPSA) is 77.8 Å². The van der Waals surface area contributed by atoms with Gasteiger partial charge in [-0.25, -0.2) is 8.42 Å². The van der Waals surface area contributed by atoms with Crippen LogP contribution in [0.4, 0.5) is 0 Å². The van der Waals surface area contributed by atoms with Crippen molar-refractivity contribution in [2.24, 2.45) is 0 Å². The predicted octanol–water partition coefficient (Wildman–Crippen LogP) is 4.04. The summed E-state index contributed by atoms with van der Waals surface area (Å²) in [4.78, 5) is 12.6. The summed E-state index contributed by atoms with van der Waals surface area (Å²) in [5, 5.41) is 0. The van der Waals surface area contributed by atoms with E-state index >= 15 is 0 Å². The molecule has 1 aliphatic heterocycles. The van der Waals surface area contributed by atoms with Crippen molar-refractivity contribution in [3.63, 3.8) is 0 Å². The number of benzene rings is 2. The maximum absolute atomic E-state index is 12.9. The summed E-state index contributed by atoms with van der Waals surface area (Å²) in [7, 11) is -3.62. The van der Waals surface area contributed by atoms with Crippen LogP contribution in [0.15, 0.2) is 70.4 Å². The Morgan fingerprint density at radius 2 is 1.61 bits per heavy atom. The minimum absolute atomic E-state index is 0.0655. The summed E-state index contributed by atoms with van der Waals surface area (Å²) in [6.07, 6.45) is 1.80. The molecule has 0 spiro atoms. The first-order valence-corrected chi connectivity index (χ1v) is 12.5. The van der Waals surface area contributed by atoms with Gasteiger partial charge in [0.1, 0.15) is 23.4 Å². The van der Waals surface area contributed by atoms with Gasteiger partial charge in [0.2, 0.25) is 10.0 Å². The number of aryl methyl sites for hydroxylation is 2. The van der Waals surface area contributed by atoms with Crippen molar-refractivity contribution in [3.8, 4) is 17.2 Å². The molecular weight excluding hydrogens is 440 g/mol. The smallest absolute Gasteiger partial charge is 0.254 e. The number of rotatable bonds is 7. The van der Waals surface area contributed by atoms with E-state index in [0.717, 1.165) is 29.8 Å². The Balaban J connectivity index is 1.21. The van der Waals surface area contributed by atoms with Crippen LogP contribution in [0.2, 0.25) is 0 Å². The molecule has 0 bridgehead atoms. The van der Waals surface area contributed by atoms with E-state index in [1.807, 2.05) is 44.2 Å². The predicted molar refractivity (Wildman–Crippen MR) is 125 cm³/mol. The average Bonchev–Trinajstić information content (AvgIpc) is 3.57. The zero-order chi connectivity index (χ0) is 23.2. The number of para-hydroxylation sites is 1. The molecule has 33 heavy (non-hydrogen) atoms. The van der Waals surface area contributed by atoms with Crippen LogP contribution in [-0.4, -0.2) is 36.5 Å². The average molecular weight is 467 g/mol. The summed E-state index contributed by atoms with van der Waals surface area (Å²) in [5.41, 5.74) is 1.81. The van der Waals surface area contributed by atoms with E-state index in [1.54, 1.807) is 28.8 Å². The lowest BCUT2D eigenvalue weighted by Gasteiger charge is -2.37. The fraction of sp³-hybridized carbons (Fsp3) is 0.320. The van der Waals surface area contributed by atoms with Gasteiger partial charge in [-0.3, -0.25) is 4.79 Å². The number of ether oxygens (including phenoxy) is 2. The zero-order valence-electron chi connectivity index (χ0n) is 18.6. The number of aromatic nitrogens is 1. The Kier molecular flexibility index (Phi) is 5.50. The first-order valence-electron chi connectivity index (χ1n) is 11.0. The molecule has 7 nitrogen and oxygen atoms in total. The van der Waals surface area contributed by atoms with Crippen LogP contribution in [0.3, 0.4) is 0 Å². The molecule has 5 rings (SSSR count). The quantitative estimate of drug-likeness (QED) is 0.525. The second-order valence-corrected chi connectivity index (χ2v) is 10.6. The van der Waals surface area contributed by atoms with Gasteiger partial charge in [0, 0.05) is 17.8 Å². The number of nitrogens with zero attached hydrogens (tertiary/aromatic N) is 2. The highest BCUT2D eigenvalue weighted by Crippen LogP contribution is 2.35. The molecule has 8 heteroatoms. The third-order valence-electron chi connectivity index (χ3n) is 6.05. The monoisotopic (exact) mass is 466 g/mol. The summed E-state index contributed by atoms with van der Waals surface area (Å²) >= 11 is 0. The van der Waals surface area contributed by atoms with E-state index in [0.29, 0.717) is 17.5 Å². The second kappa shape index (κ2) is 8.35. The molecule has 2 aliphatic rings. The fourth-order valence-corrected chi connectivity index (χ4v) is 5.54. The van der Waals surface area contributed by atoms with Gasteiger partial charge in [0.15, 0.2) is 0 Å². The first kappa shape index (κ1) is 21.7. The van der Waals surface area contributed by atoms with Gasteiger partial charge in [-0.05, 0) is 68.7 Å². The lowest BCUT2D eigenvalue weighted by atomic mass is 10.2. The molecule has 2 aromatic carbocycles. The maximum atomic E-state index is 12.9. The number of hydrogen-bond acceptors (Lipinski definition) is 5. The van der Waals surface area contributed by atoms with E-state index < -0.39 is 10.0 Å². The Hall–Kier alpha value is -3.10. The third-order valence-corrected chi connectivity index (χ3v) is 7.89.